The van der Waals surface area contributed by atoms with Gasteiger partial charge in [-0.3, -0.25) is 4.98 Å². The quantitative estimate of drug-likeness (QED) is 0.794. The number of hydrogen-bond acceptors (Lipinski definition) is 3. The van der Waals surface area contributed by atoms with Gasteiger partial charge >= 0.3 is 0 Å². The molecule has 0 fully saturated rings. The first-order valence-electron chi connectivity index (χ1n) is 6.84. The molecule has 1 heterocycles. The van der Waals surface area contributed by atoms with Crippen molar-refractivity contribution >= 4 is 16.6 Å². The molecule has 0 atom stereocenters. The van der Waals surface area contributed by atoms with Crippen molar-refractivity contribution in [2.24, 2.45) is 0 Å². The number of anilines is 1. The summed E-state index contributed by atoms with van der Waals surface area (Å²) in [5.41, 5.74) is 3.30. The molecule has 1 N–H and O–H groups in total. The lowest BCUT2D eigenvalue weighted by Crippen LogP contribution is -2.03. The number of unbranched alkanes of at least 4 members (excludes halogenated alkanes) is 2. The van der Waals surface area contributed by atoms with Crippen molar-refractivity contribution in [1.82, 2.24) is 4.98 Å². The molecule has 0 aliphatic carbocycles. The Morgan fingerprint density at radius 3 is 2.89 bits per heavy atom. The molecular weight excluding hydrogens is 234 g/mol. The van der Waals surface area contributed by atoms with Crippen molar-refractivity contribution in [3.05, 3.63) is 36.0 Å². The van der Waals surface area contributed by atoms with Crippen molar-refractivity contribution in [3.63, 3.8) is 0 Å². The van der Waals surface area contributed by atoms with Crippen molar-refractivity contribution in [3.8, 4) is 6.07 Å². The van der Waals surface area contributed by atoms with Gasteiger partial charge in [-0.05, 0) is 31.4 Å². The van der Waals surface area contributed by atoms with E-state index >= 15 is 0 Å². The second-order valence-corrected chi connectivity index (χ2v) is 4.57. The first-order valence-corrected chi connectivity index (χ1v) is 6.84. The molecule has 0 saturated heterocycles. The number of aryl methyl sites for hydroxylation is 1. The Bertz CT molecular complexity index is 584. The fourth-order valence-corrected chi connectivity index (χ4v) is 2.11. The topological polar surface area (TPSA) is 48.7 Å². The van der Waals surface area contributed by atoms with Crippen molar-refractivity contribution < 1.29 is 0 Å². The third kappa shape index (κ3) is 3.45. The molecule has 0 radical (unpaired) electrons. The molecule has 1 aromatic carbocycles. The number of pyridine rings is 1. The first-order chi connectivity index (χ1) is 9.35. The number of para-hydroxylation sites is 1. The summed E-state index contributed by atoms with van der Waals surface area (Å²) in [6, 6.07) is 12.5. The maximum absolute atomic E-state index is 8.51. The lowest BCUT2D eigenvalue weighted by Gasteiger charge is -2.11. The van der Waals surface area contributed by atoms with Crippen LogP contribution in [0.15, 0.2) is 30.3 Å². The van der Waals surface area contributed by atoms with E-state index in [0.29, 0.717) is 6.42 Å². The van der Waals surface area contributed by atoms with Gasteiger partial charge in [-0.2, -0.15) is 5.26 Å². The van der Waals surface area contributed by atoms with E-state index in [1.54, 1.807) is 0 Å². The predicted octanol–water partition coefficient (Wildman–Crippen LogP) is 3.90. The van der Waals surface area contributed by atoms with Crippen LogP contribution in [0, 0.1) is 11.3 Å². The molecule has 0 amide bonds. The molecular formula is C16H19N3. The molecule has 2 rings (SSSR count). The van der Waals surface area contributed by atoms with E-state index in [1.165, 1.54) is 5.39 Å². The molecule has 0 saturated carbocycles. The molecule has 19 heavy (non-hydrogen) atoms. The van der Waals surface area contributed by atoms with Crippen LogP contribution in [0.25, 0.3) is 10.9 Å². The van der Waals surface area contributed by atoms with Crippen LogP contribution in [-0.2, 0) is 6.42 Å². The van der Waals surface area contributed by atoms with Gasteiger partial charge in [0.25, 0.3) is 0 Å². The highest BCUT2D eigenvalue weighted by atomic mass is 14.9. The number of aromatic nitrogens is 1. The molecule has 2 aromatic rings. The normalized spacial score (nSPS) is 10.3. The summed E-state index contributed by atoms with van der Waals surface area (Å²) in [6.45, 7) is 3.02. The highest BCUT2D eigenvalue weighted by Gasteiger charge is 2.03. The van der Waals surface area contributed by atoms with Gasteiger partial charge in [0.05, 0.1) is 11.6 Å². The van der Waals surface area contributed by atoms with E-state index in [-0.39, 0.29) is 0 Å². The van der Waals surface area contributed by atoms with Gasteiger partial charge in [-0.25, -0.2) is 0 Å². The number of nitrogens with zero attached hydrogens (tertiary/aromatic N) is 2. The van der Waals surface area contributed by atoms with Crippen LogP contribution < -0.4 is 5.32 Å². The van der Waals surface area contributed by atoms with Gasteiger partial charge < -0.3 is 5.32 Å². The lowest BCUT2D eigenvalue weighted by molar-refractivity contribution is 0.785. The second-order valence-electron chi connectivity index (χ2n) is 4.57. The van der Waals surface area contributed by atoms with Gasteiger partial charge in [0.1, 0.15) is 0 Å². The van der Waals surface area contributed by atoms with Crippen LogP contribution in [-0.4, -0.2) is 11.5 Å². The number of nitriles is 1. The van der Waals surface area contributed by atoms with Gasteiger partial charge in [0.15, 0.2) is 0 Å². The zero-order valence-electron chi connectivity index (χ0n) is 11.3. The number of hydrogen-bond donors (Lipinski definition) is 1. The average molecular weight is 253 g/mol. The maximum atomic E-state index is 8.51. The summed E-state index contributed by atoms with van der Waals surface area (Å²) in [5.74, 6) is 0. The smallest absolute Gasteiger partial charge is 0.0726 e. The highest BCUT2D eigenvalue weighted by molar-refractivity contribution is 5.91. The number of nitrogens with one attached hydrogen (secondary N) is 1. The predicted molar refractivity (Wildman–Crippen MR) is 79.1 cm³/mol. The molecule has 1 aromatic heterocycles. The standard InChI is InChI=1S/C16H19N3/c1-2-13-12-16(18-11-7-3-6-10-17)14-8-4-5-9-15(14)19-13/h4-5,8-9,12H,2-3,6-7,11H2,1H3,(H,18,19). The Hall–Kier alpha value is -2.08. The van der Waals surface area contributed by atoms with E-state index in [2.05, 4.69) is 41.5 Å². The fraction of sp³-hybridized carbons (Fsp3) is 0.375. The summed E-state index contributed by atoms with van der Waals surface area (Å²) >= 11 is 0. The highest BCUT2D eigenvalue weighted by Crippen LogP contribution is 2.23. The second kappa shape index (κ2) is 6.75. The molecule has 0 aliphatic rings. The Labute approximate surface area is 114 Å². The number of benzene rings is 1. The Kier molecular flexibility index (Phi) is 4.74. The van der Waals surface area contributed by atoms with E-state index < -0.39 is 0 Å². The Morgan fingerprint density at radius 2 is 2.11 bits per heavy atom. The molecule has 0 bridgehead atoms. The third-order valence-electron chi connectivity index (χ3n) is 3.16. The van der Waals surface area contributed by atoms with Gasteiger partial charge in [-0.15, -0.1) is 0 Å². The summed E-state index contributed by atoms with van der Waals surface area (Å²) in [6.07, 6.45) is 3.55. The van der Waals surface area contributed by atoms with Crippen LogP contribution in [0.3, 0.4) is 0 Å². The van der Waals surface area contributed by atoms with E-state index in [1.807, 2.05) is 12.1 Å². The maximum Gasteiger partial charge on any atom is 0.0726 e. The molecule has 3 nitrogen and oxygen atoms in total. The summed E-state index contributed by atoms with van der Waals surface area (Å²) in [5, 5.41) is 13.2. The van der Waals surface area contributed by atoms with Crippen molar-refractivity contribution in [1.29, 1.82) is 5.26 Å². The largest absolute Gasteiger partial charge is 0.384 e. The number of rotatable bonds is 6. The fourth-order valence-electron chi connectivity index (χ4n) is 2.11. The monoisotopic (exact) mass is 253 g/mol. The van der Waals surface area contributed by atoms with Crippen LogP contribution in [0.4, 0.5) is 5.69 Å². The van der Waals surface area contributed by atoms with Crippen LogP contribution in [0.5, 0.6) is 0 Å². The zero-order chi connectivity index (χ0) is 13.5. The van der Waals surface area contributed by atoms with Crippen LogP contribution in [0.1, 0.15) is 31.9 Å². The Balaban J connectivity index is 2.14. The van der Waals surface area contributed by atoms with E-state index in [4.69, 9.17) is 5.26 Å². The van der Waals surface area contributed by atoms with Gasteiger partial charge in [0.2, 0.25) is 0 Å². The number of fused-ring (bicyclic) bond motifs is 1. The molecule has 3 heteroatoms. The van der Waals surface area contributed by atoms with E-state index in [0.717, 1.165) is 42.7 Å². The summed E-state index contributed by atoms with van der Waals surface area (Å²) < 4.78 is 0. The van der Waals surface area contributed by atoms with Crippen molar-refractivity contribution in [2.45, 2.75) is 32.6 Å². The third-order valence-corrected chi connectivity index (χ3v) is 3.16. The average Bonchev–Trinajstić information content (AvgIpc) is 2.46. The molecule has 0 spiro atoms. The first kappa shape index (κ1) is 13.4. The minimum absolute atomic E-state index is 0.638. The van der Waals surface area contributed by atoms with E-state index in [9.17, 15) is 0 Å². The van der Waals surface area contributed by atoms with Crippen LogP contribution in [0.2, 0.25) is 0 Å². The molecule has 0 unspecified atom stereocenters. The minimum atomic E-state index is 0.638. The van der Waals surface area contributed by atoms with Crippen molar-refractivity contribution in [2.75, 3.05) is 11.9 Å². The minimum Gasteiger partial charge on any atom is -0.384 e. The SMILES string of the molecule is CCc1cc(NCCCCC#N)c2ccccc2n1. The zero-order valence-corrected chi connectivity index (χ0v) is 11.3. The van der Waals surface area contributed by atoms with Gasteiger partial charge in [0, 0.05) is 29.7 Å². The Morgan fingerprint density at radius 1 is 1.26 bits per heavy atom. The summed E-state index contributed by atoms with van der Waals surface area (Å²) in [7, 11) is 0. The van der Waals surface area contributed by atoms with Crippen LogP contribution >= 0.6 is 0 Å². The molecule has 0 aliphatic heterocycles. The van der Waals surface area contributed by atoms with Gasteiger partial charge in [-0.1, -0.05) is 25.1 Å². The molecule has 98 valence electrons. The summed E-state index contributed by atoms with van der Waals surface area (Å²) in [4.78, 5) is 4.63. The lowest BCUT2D eigenvalue weighted by atomic mass is 10.1.